The number of piperidine rings is 1. The molecule has 0 spiro atoms. The number of likely N-dealkylation sites (tertiary alicyclic amines) is 1. The summed E-state index contributed by atoms with van der Waals surface area (Å²) in [6, 6.07) is 0. The maximum atomic E-state index is 6.05. The molecule has 4 heteroatoms. The topological polar surface area (TPSA) is 30.9 Å². The molecule has 0 N–H and O–H groups in total. The van der Waals surface area contributed by atoms with Gasteiger partial charge in [0.25, 0.3) is 0 Å². The number of nitrogens with zero attached hydrogens (tertiary/aromatic N) is 1. The van der Waals surface area contributed by atoms with E-state index < -0.39 is 0 Å². The van der Waals surface area contributed by atoms with Crippen LogP contribution < -0.4 is 0 Å². The first-order valence-corrected chi connectivity index (χ1v) is 11.8. The van der Waals surface area contributed by atoms with E-state index in [2.05, 4.69) is 46.4 Å². The molecule has 0 unspecified atom stereocenters. The normalized spacial score (nSPS) is 25.1. The standard InChI is InChI=1S/C24H47NO3/c1-23(2,3)27-16-9-7-8-10-20-11-13-25(14-12-20)15-17-26-21-18-22(19-21)28-24(4,5)6/h20-22H,7-19H2,1-6H3. The minimum atomic E-state index is -0.0276. The molecule has 2 aliphatic rings. The van der Waals surface area contributed by atoms with Crippen LogP contribution in [0.25, 0.3) is 0 Å². The van der Waals surface area contributed by atoms with Crippen molar-refractivity contribution >= 4 is 0 Å². The van der Waals surface area contributed by atoms with Gasteiger partial charge in [-0.15, -0.1) is 0 Å². The molecule has 166 valence electrons. The van der Waals surface area contributed by atoms with Gasteiger partial charge >= 0.3 is 0 Å². The molecule has 1 heterocycles. The SMILES string of the molecule is CC(C)(C)OCCCCCC1CCN(CCOC2CC(OC(C)(C)C)C2)CC1. The number of rotatable bonds is 11. The van der Waals surface area contributed by atoms with Crippen LogP contribution in [0.3, 0.4) is 0 Å². The second-order valence-electron chi connectivity index (χ2n) is 10.9. The summed E-state index contributed by atoms with van der Waals surface area (Å²) in [5.74, 6) is 0.933. The van der Waals surface area contributed by atoms with Crippen molar-refractivity contribution in [1.82, 2.24) is 4.90 Å². The molecule has 0 radical (unpaired) electrons. The fourth-order valence-electron chi connectivity index (χ4n) is 4.19. The van der Waals surface area contributed by atoms with Crippen LogP contribution >= 0.6 is 0 Å². The van der Waals surface area contributed by atoms with Gasteiger partial charge in [-0.1, -0.05) is 19.3 Å². The first kappa shape index (κ1) is 24.1. The van der Waals surface area contributed by atoms with Crippen LogP contribution in [0, 0.1) is 5.92 Å². The summed E-state index contributed by atoms with van der Waals surface area (Å²) in [6.45, 7) is 18.2. The van der Waals surface area contributed by atoms with Gasteiger partial charge in [0.2, 0.25) is 0 Å². The van der Waals surface area contributed by atoms with Crippen molar-refractivity contribution in [2.45, 2.75) is 116 Å². The summed E-state index contributed by atoms with van der Waals surface area (Å²) >= 11 is 0. The maximum Gasteiger partial charge on any atom is 0.0631 e. The fraction of sp³-hybridized carbons (Fsp3) is 1.00. The molecule has 0 bridgehead atoms. The quantitative estimate of drug-likeness (QED) is 0.435. The number of unbranched alkanes of at least 4 members (excludes halogenated alkanes) is 2. The van der Waals surface area contributed by atoms with Gasteiger partial charge in [-0.25, -0.2) is 0 Å². The number of hydrogen-bond donors (Lipinski definition) is 0. The Balaban J connectivity index is 1.41. The minimum Gasteiger partial charge on any atom is -0.377 e. The third-order valence-electron chi connectivity index (χ3n) is 5.83. The van der Waals surface area contributed by atoms with E-state index in [0.717, 1.165) is 38.5 Å². The fourth-order valence-corrected chi connectivity index (χ4v) is 4.19. The molecule has 1 saturated heterocycles. The zero-order chi connectivity index (χ0) is 20.6. The lowest BCUT2D eigenvalue weighted by Crippen LogP contribution is -2.43. The van der Waals surface area contributed by atoms with E-state index in [1.165, 1.54) is 51.6 Å². The van der Waals surface area contributed by atoms with Crippen LogP contribution in [0.5, 0.6) is 0 Å². The molecular formula is C24H47NO3. The monoisotopic (exact) mass is 397 g/mol. The minimum absolute atomic E-state index is 0.0110. The van der Waals surface area contributed by atoms with E-state index in [1.54, 1.807) is 0 Å². The Morgan fingerprint density at radius 1 is 0.786 bits per heavy atom. The first-order valence-electron chi connectivity index (χ1n) is 11.8. The molecular weight excluding hydrogens is 350 g/mol. The Morgan fingerprint density at radius 2 is 1.46 bits per heavy atom. The van der Waals surface area contributed by atoms with Crippen molar-refractivity contribution in [2.24, 2.45) is 5.92 Å². The van der Waals surface area contributed by atoms with Gasteiger partial charge in [0.15, 0.2) is 0 Å². The van der Waals surface area contributed by atoms with Gasteiger partial charge < -0.3 is 19.1 Å². The van der Waals surface area contributed by atoms with Gasteiger partial charge in [-0.05, 0) is 92.7 Å². The van der Waals surface area contributed by atoms with Crippen LogP contribution in [0.2, 0.25) is 0 Å². The second kappa shape index (κ2) is 11.3. The summed E-state index contributed by atoms with van der Waals surface area (Å²) in [5, 5.41) is 0. The Hall–Kier alpha value is -0.160. The van der Waals surface area contributed by atoms with Crippen molar-refractivity contribution in [3.63, 3.8) is 0 Å². The summed E-state index contributed by atoms with van der Waals surface area (Å²) in [7, 11) is 0. The van der Waals surface area contributed by atoms with Crippen molar-refractivity contribution in [3.05, 3.63) is 0 Å². The predicted molar refractivity (Wildman–Crippen MR) is 117 cm³/mol. The van der Waals surface area contributed by atoms with Crippen LogP contribution in [0.15, 0.2) is 0 Å². The molecule has 0 aromatic heterocycles. The molecule has 1 aliphatic heterocycles. The largest absolute Gasteiger partial charge is 0.377 e. The molecule has 0 aromatic carbocycles. The number of ether oxygens (including phenoxy) is 3. The van der Waals surface area contributed by atoms with Crippen molar-refractivity contribution in [1.29, 1.82) is 0 Å². The molecule has 2 rings (SSSR count). The van der Waals surface area contributed by atoms with E-state index >= 15 is 0 Å². The van der Waals surface area contributed by atoms with Gasteiger partial charge in [0, 0.05) is 13.2 Å². The highest BCUT2D eigenvalue weighted by Crippen LogP contribution is 2.30. The van der Waals surface area contributed by atoms with Gasteiger partial charge in [0.1, 0.15) is 0 Å². The molecule has 4 nitrogen and oxygen atoms in total. The molecule has 28 heavy (non-hydrogen) atoms. The lowest BCUT2D eigenvalue weighted by atomic mass is 9.91. The van der Waals surface area contributed by atoms with Crippen LogP contribution in [0.1, 0.15) is 92.9 Å². The van der Waals surface area contributed by atoms with Crippen LogP contribution in [-0.4, -0.2) is 61.2 Å². The Bertz CT molecular complexity index is 413. The molecule has 0 amide bonds. The van der Waals surface area contributed by atoms with Crippen LogP contribution in [0.4, 0.5) is 0 Å². The van der Waals surface area contributed by atoms with E-state index in [0.29, 0.717) is 12.2 Å². The molecule has 1 aliphatic carbocycles. The lowest BCUT2D eigenvalue weighted by molar-refractivity contribution is -0.149. The van der Waals surface area contributed by atoms with E-state index in [9.17, 15) is 0 Å². The average Bonchev–Trinajstić information content (AvgIpc) is 2.55. The Kier molecular flexibility index (Phi) is 9.72. The van der Waals surface area contributed by atoms with Crippen LogP contribution in [-0.2, 0) is 14.2 Å². The summed E-state index contributed by atoms with van der Waals surface area (Å²) in [6.07, 6.45) is 11.0. The number of hydrogen-bond acceptors (Lipinski definition) is 4. The Morgan fingerprint density at radius 3 is 2.07 bits per heavy atom. The zero-order valence-corrected chi connectivity index (χ0v) is 19.6. The smallest absolute Gasteiger partial charge is 0.0631 e. The zero-order valence-electron chi connectivity index (χ0n) is 19.6. The van der Waals surface area contributed by atoms with Crippen molar-refractivity contribution in [3.8, 4) is 0 Å². The molecule has 2 fully saturated rings. The highest BCUT2D eigenvalue weighted by atomic mass is 16.5. The third kappa shape index (κ3) is 10.6. The molecule has 0 aromatic rings. The van der Waals surface area contributed by atoms with Gasteiger partial charge in [0.05, 0.1) is 30.0 Å². The van der Waals surface area contributed by atoms with Crippen molar-refractivity contribution < 1.29 is 14.2 Å². The summed E-state index contributed by atoms with van der Waals surface area (Å²) < 4.78 is 17.8. The highest BCUT2D eigenvalue weighted by Gasteiger charge is 2.33. The molecule has 0 atom stereocenters. The van der Waals surface area contributed by atoms with E-state index in [-0.39, 0.29) is 11.2 Å². The van der Waals surface area contributed by atoms with Crippen molar-refractivity contribution in [2.75, 3.05) is 32.8 Å². The van der Waals surface area contributed by atoms with Gasteiger partial charge in [-0.2, -0.15) is 0 Å². The van der Waals surface area contributed by atoms with Gasteiger partial charge in [-0.3, -0.25) is 0 Å². The predicted octanol–water partition coefficient (Wildman–Crippen LogP) is 5.44. The summed E-state index contributed by atoms with van der Waals surface area (Å²) in [5.41, 5.74) is -0.0166. The third-order valence-corrected chi connectivity index (χ3v) is 5.83. The average molecular weight is 398 g/mol. The second-order valence-corrected chi connectivity index (χ2v) is 10.9. The summed E-state index contributed by atoms with van der Waals surface area (Å²) in [4.78, 5) is 2.59. The molecule has 1 saturated carbocycles. The lowest BCUT2D eigenvalue weighted by Gasteiger charge is -2.39. The Labute approximate surface area is 174 Å². The maximum absolute atomic E-state index is 6.05. The van der Waals surface area contributed by atoms with E-state index in [1.807, 2.05) is 0 Å². The first-order chi connectivity index (χ1) is 13.1. The highest BCUT2D eigenvalue weighted by molar-refractivity contribution is 4.83. The van der Waals surface area contributed by atoms with E-state index in [4.69, 9.17) is 14.2 Å².